The van der Waals surface area contributed by atoms with Crippen molar-refractivity contribution in [2.45, 2.75) is 5.54 Å². The Morgan fingerprint density at radius 2 is 2.00 bits per heavy atom. The molecule has 0 radical (unpaired) electrons. The summed E-state index contributed by atoms with van der Waals surface area (Å²) < 4.78 is 0. The monoisotopic (exact) mass is 218 g/mol. The number of allylic oxidation sites excluding steroid dienone is 1. The molecule has 0 aromatic heterocycles. The number of aliphatic imine (C=N–C) groups is 1. The first-order valence-corrected chi connectivity index (χ1v) is 5.25. The number of dihydropyridines is 1. The number of benzene rings is 1. The van der Waals surface area contributed by atoms with Crippen LogP contribution in [0.25, 0.3) is 0 Å². The van der Waals surface area contributed by atoms with Crippen LogP contribution in [0.1, 0.15) is 5.56 Å². The molecule has 1 aromatic carbocycles. The molecule has 0 fully saturated rings. The van der Waals surface area contributed by atoms with Gasteiger partial charge in [-0.3, -0.25) is 4.99 Å². The van der Waals surface area contributed by atoms with Gasteiger partial charge in [-0.2, -0.15) is 0 Å². The first-order chi connectivity index (χ1) is 7.29. The van der Waals surface area contributed by atoms with E-state index in [1.807, 2.05) is 30.3 Å². The molecule has 1 heterocycles. The second-order valence-corrected chi connectivity index (χ2v) is 3.68. The molecule has 1 aromatic rings. The first kappa shape index (κ1) is 10.1. The highest BCUT2D eigenvalue weighted by Gasteiger charge is 2.34. The molecular formula is C12H11ClN2. The van der Waals surface area contributed by atoms with Gasteiger partial charge in [0.2, 0.25) is 0 Å². The van der Waals surface area contributed by atoms with Crippen LogP contribution >= 0.6 is 11.6 Å². The predicted octanol–water partition coefficient (Wildman–Crippen LogP) is 2.78. The van der Waals surface area contributed by atoms with Crippen molar-refractivity contribution in [2.24, 2.45) is 4.99 Å². The standard InChI is InChI=1S/C12H11ClN2/c13-9-12(10-5-2-1-3-6-10)11(14)7-4-8-15-12/h1-8,14H,9H2. The molecule has 0 aliphatic carbocycles. The van der Waals surface area contributed by atoms with Crippen molar-refractivity contribution in [3.8, 4) is 0 Å². The third kappa shape index (κ3) is 1.61. The molecule has 0 bridgehead atoms. The zero-order valence-electron chi connectivity index (χ0n) is 8.15. The van der Waals surface area contributed by atoms with Gasteiger partial charge in [0, 0.05) is 6.21 Å². The Morgan fingerprint density at radius 3 is 2.60 bits per heavy atom. The van der Waals surface area contributed by atoms with Gasteiger partial charge >= 0.3 is 0 Å². The highest BCUT2D eigenvalue weighted by atomic mass is 35.5. The average Bonchev–Trinajstić information content (AvgIpc) is 2.31. The first-order valence-electron chi connectivity index (χ1n) is 4.72. The predicted molar refractivity (Wildman–Crippen MR) is 64.2 cm³/mol. The summed E-state index contributed by atoms with van der Waals surface area (Å²) in [5.74, 6) is 0.288. The molecule has 1 atom stereocenters. The summed E-state index contributed by atoms with van der Waals surface area (Å²) >= 11 is 5.98. The van der Waals surface area contributed by atoms with E-state index in [0.29, 0.717) is 5.71 Å². The van der Waals surface area contributed by atoms with Gasteiger partial charge in [0.25, 0.3) is 0 Å². The number of halogens is 1. The van der Waals surface area contributed by atoms with Gasteiger partial charge in [-0.05, 0) is 17.7 Å². The van der Waals surface area contributed by atoms with Gasteiger partial charge < -0.3 is 5.41 Å². The number of hydrogen-bond acceptors (Lipinski definition) is 2. The van der Waals surface area contributed by atoms with Gasteiger partial charge in [0.1, 0.15) is 5.54 Å². The van der Waals surface area contributed by atoms with Crippen LogP contribution in [0.15, 0.2) is 47.5 Å². The number of rotatable bonds is 2. The van der Waals surface area contributed by atoms with Crippen LogP contribution in [0.3, 0.4) is 0 Å². The van der Waals surface area contributed by atoms with Gasteiger partial charge in [-0.15, -0.1) is 11.6 Å². The fraction of sp³-hybridized carbons (Fsp3) is 0.167. The summed E-state index contributed by atoms with van der Waals surface area (Å²) in [7, 11) is 0. The van der Waals surface area contributed by atoms with Crippen LogP contribution in [0.4, 0.5) is 0 Å². The van der Waals surface area contributed by atoms with Crippen molar-refractivity contribution in [3.63, 3.8) is 0 Å². The van der Waals surface area contributed by atoms with Crippen molar-refractivity contribution in [1.29, 1.82) is 5.41 Å². The van der Waals surface area contributed by atoms with Crippen LogP contribution in [0.5, 0.6) is 0 Å². The van der Waals surface area contributed by atoms with E-state index in [-0.39, 0.29) is 5.88 Å². The molecule has 1 aliphatic heterocycles. The molecule has 1 unspecified atom stereocenters. The van der Waals surface area contributed by atoms with Crippen LogP contribution in [-0.4, -0.2) is 17.8 Å². The zero-order valence-corrected chi connectivity index (χ0v) is 8.91. The van der Waals surface area contributed by atoms with Crippen molar-refractivity contribution >= 4 is 23.5 Å². The lowest BCUT2D eigenvalue weighted by Crippen LogP contribution is -2.35. The van der Waals surface area contributed by atoms with E-state index < -0.39 is 5.54 Å². The maximum absolute atomic E-state index is 7.95. The zero-order chi connectivity index (χ0) is 10.7. The van der Waals surface area contributed by atoms with E-state index >= 15 is 0 Å². The van der Waals surface area contributed by atoms with E-state index in [0.717, 1.165) is 5.56 Å². The van der Waals surface area contributed by atoms with Gasteiger partial charge in [-0.1, -0.05) is 30.3 Å². The maximum atomic E-state index is 7.95. The smallest absolute Gasteiger partial charge is 0.140 e. The van der Waals surface area contributed by atoms with Crippen LogP contribution in [-0.2, 0) is 5.54 Å². The molecule has 0 saturated heterocycles. The maximum Gasteiger partial charge on any atom is 0.140 e. The molecule has 0 amide bonds. The minimum absolute atomic E-state index is 0.288. The summed E-state index contributed by atoms with van der Waals surface area (Å²) in [6.07, 6.45) is 5.20. The second-order valence-electron chi connectivity index (χ2n) is 3.41. The lowest BCUT2D eigenvalue weighted by atomic mass is 9.86. The van der Waals surface area contributed by atoms with Gasteiger partial charge in [0.05, 0.1) is 11.6 Å². The van der Waals surface area contributed by atoms with Crippen LogP contribution in [0, 0.1) is 5.41 Å². The van der Waals surface area contributed by atoms with E-state index in [2.05, 4.69) is 4.99 Å². The molecule has 3 heteroatoms. The van der Waals surface area contributed by atoms with E-state index in [4.69, 9.17) is 17.0 Å². The average molecular weight is 219 g/mol. The highest BCUT2D eigenvalue weighted by molar-refractivity contribution is 6.22. The number of alkyl halides is 1. The molecule has 2 nitrogen and oxygen atoms in total. The fourth-order valence-electron chi connectivity index (χ4n) is 1.64. The minimum Gasteiger partial charge on any atom is -0.302 e. The Balaban J connectivity index is 2.51. The second kappa shape index (κ2) is 3.99. The number of nitrogens with zero attached hydrogens (tertiary/aromatic N) is 1. The molecule has 0 spiro atoms. The molecule has 2 rings (SSSR count). The lowest BCUT2D eigenvalue weighted by Gasteiger charge is -2.29. The molecule has 1 N–H and O–H groups in total. The van der Waals surface area contributed by atoms with Crippen molar-refractivity contribution in [2.75, 3.05) is 5.88 Å². The van der Waals surface area contributed by atoms with Crippen molar-refractivity contribution in [1.82, 2.24) is 0 Å². The van der Waals surface area contributed by atoms with E-state index in [1.54, 1.807) is 18.4 Å². The summed E-state index contributed by atoms with van der Waals surface area (Å²) in [6.45, 7) is 0. The molecular weight excluding hydrogens is 208 g/mol. The fourth-order valence-corrected chi connectivity index (χ4v) is 2.01. The Morgan fingerprint density at radius 1 is 1.27 bits per heavy atom. The third-order valence-corrected chi connectivity index (χ3v) is 2.92. The molecule has 1 aliphatic rings. The summed E-state index contributed by atoms with van der Waals surface area (Å²) in [5.41, 5.74) is 0.703. The van der Waals surface area contributed by atoms with Crippen LogP contribution in [0.2, 0.25) is 0 Å². The highest BCUT2D eigenvalue weighted by Crippen LogP contribution is 2.30. The molecule has 15 heavy (non-hydrogen) atoms. The third-order valence-electron chi connectivity index (χ3n) is 2.53. The quantitative estimate of drug-likeness (QED) is 0.742. The summed E-state index contributed by atoms with van der Waals surface area (Å²) in [5, 5.41) is 7.95. The van der Waals surface area contributed by atoms with E-state index in [1.165, 1.54) is 0 Å². The van der Waals surface area contributed by atoms with Gasteiger partial charge in [0.15, 0.2) is 0 Å². The Hall–Kier alpha value is -1.41. The Bertz CT molecular complexity index is 423. The molecule has 76 valence electrons. The Kier molecular flexibility index (Phi) is 2.69. The van der Waals surface area contributed by atoms with Crippen LogP contribution < -0.4 is 0 Å². The Labute approximate surface area is 93.8 Å². The summed E-state index contributed by atoms with van der Waals surface area (Å²) in [6, 6.07) is 9.72. The minimum atomic E-state index is -0.697. The SMILES string of the molecule is N=C1C=CC=NC1(CCl)c1ccccc1. The number of nitrogens with one attached hydrogen (secondary N) is 1. The number of hydrogen-bond donors (Lipinski definition) is 1. The van der Waals surface area contributed by atoms with Gasteiger partial charge in [-0.25, -0.2) is 0 Å². The topological polar surface area (TPSA) is 36.2 Å². The largest absolute Gasteiger partial charge is 0.302 e. The lowest BCUT2D eigenvalue weighted by molar-refractivity contribution is 0.687. The summed E-state index contributed by atoms with van der Waals surface area (Å²) in [4.78, 5) is 4.36. The van der Waals surface area contributed by atoms with E-state index in [9.17, 15) is 0 Å². The molecule has 0 saturated carbocycles. The van der Waals surface area contributed by atoms with Crippen molar-refractivity contribution < 1.29 is 0 Å². The van der Waals surface area contributed by atoms with Crippen molar-refractivity contribution in [3.05, 3.63) is 48.0 Å². The normalized spacial score (nSPS) is 24.5.